The van der Waals surface area contributed by atoms with Gasteiger partial charge in [-0.05, 0) is 12.1 Å². The van der Waals surface area contributed by atoms with Gasteiger partial charge in [0.25, 0.3) is 0 Å². The summed E-state index contributed by atoms with van der Waals surface area (Å²) >= 11 is 7.51. The molecule has 1 fully saturated rings. The second-order valence-electron chi connectivity index (χ2n) is 4.37. The number of imidazole rings is 1. The highest BCUT2D eigenvalue weighted by Crippen LogP contribution is 2.29. The van der Waals surface area contributed by atoms with E-state index in [4.69, 9.17) is 11.6 Å². The zero-order chi connectivity index (χ0) is 12.4. The summed E-state index contributed by atoms with van der Waals surface area (Å²) in [4.78, 5) is 11.4. The number of nitrogens with one attached hydrogen (secondary N) is 2. The average molecular weight is 283 g/mol. The molecule has 2 aromatic rings. The molecule has 2 aromatic heterocycles. The van der Waals surface area contributed by atoms with Crippen molar-refractivity contribution in [3.05, 3.63) is 28.5 Å². The van der Waals surface area contributed by atoms with Gasteiger partial charge in [0.1, 0.15) is 5.82 Å². The first-order valence-electron chi connectivity index (χ1n) is 6.04. The Balaban J connectivity index is 1.69. The van der Waals surface area contributed by atoms with Crippen LogP contribution in [0.2, 0.25) is 4.34 Å². The molecule has 3 rings (SSSR count). The third kappa shape index (κ3) is 2.75. The SMILES string of the molecule is Clc1ccc(-c2cnc(CN3CCNCC3)[nH]2)s1. The maximum atomic E-state index is 5.94. The van der Waals surface area contributed by atoms with Crippen LogP contribution in [-0.4, -0.2) is 41.0 Å². The molecule has 18 heavy (non-hydrogen) atoms. The van der Waals surface area contributed by atoms with Gasteiger partial charge in [0, 0.05) is 26.2 Å². The molecule has 3 heterocycles. The summed E-state index contributed by atoms with van der Waals surface area (Å²) < 4.78 is 0.809. The lowest BCUT2D eigenvalue weighted by atomic mass is 10.3. The van der Waals surface area contributed by atoms with Crippen molar-refractivity contribution < 1.29 is 0 Å². The van der Waals surface area contributed by atoms with Crippen LogP contribution in [0.3, 0.4) is 0 Å². The third-order valence-corrected chi connectivity index (χ3v) is 4.31. The first-order chi connectivity index (χ1) is 8.81. The molecule has 0 saturated carbocycles. The van der Waals surface area contributed by atoms with Crippen LogP contribution < -0.4 is 5.32 Å². The number of H-pyrrole nitrogens is 1. The van der Waals surface area contributed by atoms with Crippen molar-refractivity contribution in [2.24, 2.45) is 0 Å². The van der Waals surface area contributed by atoms with Gasteiger partial charge in [-0.1, -0.05) is 11.6 Å². The highest BCUT2D eigenvalue weighted by atomic mass is 35.5. The van der Waals surface area contributed by atoms with Gasteiger partial charge in [-0.2, -0.15) is 0 Å². The summed E-state index contributed by atoms with van der Waals surface area (Å²) in [6, 6.07) is 3.94. The Morgan fingerprint density at radius 1 is 1.33 bits per heavy atom. The molecule has 0 radical (unpaired) electrons. The molecule has 0 atom stereocenters. The van der Waals surface area contributed by atoms with Gasteiger partial charge < -0.3 is 10.3 Å². The first-order valence-corrected chi connectivity index (χ1v) is 7.23. The smallest absolute Gasteiger partial charge is 0.120 e. The van der Waals surface area contributed by atoms with E-state index in [-0.39, 0.29) is 0 Å². The zero-order valence-electron chi connectivity index (χ0n) is 9.95. The molecule has 0 aromatic carbocycles. The largest absolute Gasteiger partial charge is 0.340 e. The van der Waals surface area contributed by atoms with Gasteiger partial charge in [0.05, 0.1) is 27.6 Å². The summed E-state index contributed by atoms with van der Waals surface area (Å²) in [5.74, 6) is 1.02. The number of rotatable bonds is 3. The average Bonchev–Trinajstić information content (AvgIpc) is 2.99. The lowest BCUT2D eigenvalue weighted by molar-refractivity contribution is 0.228. The number of thiophene rings is 1. The molecule has 1 aliphatic rings. The quantitative estimate of drug-likeness (QED) is 0.907. The summed E-state index contributed by atoms with van der Waals surface area (Å²) in [5, 5.41) is 3.35. The Kier molecular flexibility index (Phi) is 3.65. The van der Waals surface area contributed by atoms with Crippen LogP contribution in [0.25, 0.3) is 10.6 Å². The molecule has 0 spiro atoms. The lowest BCUT2D eigenvalue weighted by Gasteiger charge is -2.26. The van der Waals surface area contributed by atoms with Crippen molar-refractivity contribution in [1.29, 1.82) is 0 Å². The van der Waals surface area contributed by atoms with E-state index in [0.717, 1.165) is 53.5 Å². The first kappa shape index (κ1) is 12.2. The van der Waals surface area contributed by atoms with Crippen LogP contribution >= 0.6 is 22.9 Å². The molecule has 0 bridgehead atoms. The summed E-state index contributed by atoms with van der Waals surface area (Å²) in [6.07, 6.45) is 1.89. The van der Waals surface area contributed by atoms with Crippen LogP contribution in [0, 0.1) is 0 Å². The van der Waals surface area contributed by atoms with Crippen molar-refractivity contribution in [3.63, 3.8) is 0 Å². The van der Waals surface area contributed by atoms with Gasteiger partial charge in [0.15, 0.2) is 0 Å². The van der Waals surface area contributed by atoms with E-state index >= 15 is 0 Å². The van der Waals surface area contributed by atoms with Crippen LogP contribution in [-0.2, 0) is 6.54 Å². The van der Waals surface area contributed by atoms with Crippen LogP contribution in [0.15, 0.2) is 18.3 Å². The number of hydrogen-bond acceptors (Lipinski definition) is 4. The predicted octanol–water partition coefficient (Wildman–Crippen LogP) is 2.20. The fourth-order valence-corrected chi connectivity index (χ4v) is 3.12. The van der Waals surface area contributed by atoms with Crippen LogP contribution in [0.4, 0.5) is 0 Å². The topological polar surface area (TPSA) is 44.0 Å². The molecule has 1 aliphatic heterocycles. The van der Waals surface area contributed by atoms with Crippen molar-refractivity contribution in [2.45, 2.75) is 6.54 Å². The molecule has 4 nitrogen and oxygen atoms in total. The van der Waals surface area contributed by atoms with Gasteiger partial charge in [0.2, 0.25) is 0 Å². The maximum Gasteiger partial charge on any atom is 0.120 e. The van der Waals surface area contributed by atoms with E-state index in [9.17, 15) is 0 Å². The predicted molar refractivity (Wildman–Crippen MR) is 75.1 cm³/mol. The Morgan fingerprint density at radius 3 is 2.89 bits per heavy atom. The Morgan fingerprint density at radius 2 is 2.17 bits per heavy atom. The van der Waals surface area contributed by atoms with Crippen molar-refractivity contribution >= 4 is 22.9 Å². The van der Waals surface area contributed by atoms with E-state index in [1.807, 2.05) is 18.3 Å². The number of halogens is 1. The van der Waals surface area contributed by atoms with Gasteiger partial charge >= 0.3 is 0 Å². The number of aromatic nitrogens is 2. The Bertz CT molecular complexity index is 516. The molecule has 6 heteroatoms. The molecular weight excluding hydrogens is 268 g/mol. The zero-order valence-corrected chi connectivity index (χ0v) is 11.5. The minimum absolute atomic E-state index is 0.809. The fourth-order valence-electron chi connectivity index (χ4n) is 2.11. The summed E-state index contributed by atoms with van der Waals surface area (Å²) in [7, 11) is 0. The molecule has 2 N–H and O–H groups in total. The van der Waals surface area contributed by atoms with Crippen LogP contribution in [0.5, 0.6) is 0 Å². The maximum absolute atomic E-state index is 5.94. The van der Waals surface area contributed by atoms with E-state index in [2.05, 4.69) is 20.2 Å². The van der Waals surface area contributed by atoms with Gasteiger partial charge in [-0.15, -0.1) is 11.3 Å². The number of piperazine rings is 1. The number of nitrogens with zero attached hydrogens (tertiary/aromatic N) is 2. The van der Waals surface area contributed by atoms with E-state index in [1.54, 1.807) is 11.3 Å². The highest BCUT2D eigenvalue weighted by molar-refractivity contribution is 7.19. The summed E-state index contributed by atoms with van der Waals surface area (Å²) in [5.41, 5.74) is 1.05. The molecule has 0 aliphatic carbocycles. The van der Waals surface area contributed by atoms with Gasteiger partial charge in [-0.25, -0.2) is 4.98 Å². The van der Waals surface area contributed by atoms with E-state index in [1.165, 1.54) is 0 Å². The molecule has 0 unspecified atom stereocenters. The molecule has 0 amide bonds. The second kappa shape index (κ2) is 5.40. The number of hydrogen-bond donors (Lipinski definition) is 2. The fraction of sp³-hybridized carbons (Fsp3) is 0.417. The van der Waals surface area contributed by atoms with E-state index < -0.39 is 0 Å². The van der Waals surface area contributed by atoms with Crippen molar-refractivity contribution in [3.8, 4) is 10.6 Å². The van der Waals surface area contributed by atoms with Crippen LogP contribution in [0.1, 0.15) is 5.82 Å². The van der Waals surface area contributed by atoms with Crippen molar-refractivity contribution in [1.82, 2.24) is 20.2 Å². The minimum atomic E-state index is 0.809. The second-order valence-corrected chi connectivity index (χ2v) is 6.09. The Labute approximate surface area is 115 Å². The standard InChI is InChI=1S/C12H15ClN4S/c13-11-2-1-10(18-11)9-7-15-12(16-9)8-17-5-3-14-4-6-17/h1-2,7,14H,3-6,8H2,(H,15,16). The normalized spacial score (nSPS) is 17.2. The number of aromatic amines is 1. The lowest BCUT2D eigenvalue weighted by Crippen LogP contribution is -2.43. The van der Waals surface area contributed by atoms with E-state index in [0.29, 0.717) is 0 Å². The van der Waals surface area contributed by atoms with Gasteiger partial charge in [-0.3, -0.25) is 4.90 Å². The van der Waals surface area contributed by atoms with Crippen molar-refractivity contribution in [2.75, 3.05) is 26.2 Å². The Hall–Kier alpha value is -0.880. The molecule has 1 saturated heterocycles. The minimum Gasteiger partial charge on any atom is -0.340 e. The molecule has 96 valence electrons. The monoisotopic (exact) mass is 282 g/mol. The highest BCUT2D eigenvalue weighted by Gasteiger charge is 2.12. The summed E-state index contributed by atoms with van der Waals surface area (Å²) in [6.45, 7) is 5.19. The third-order valence-electron chi connectivity index (χ3n) is 3.05. The molecular formula is C12H15ClN4S.